The van der Waals surface area contributed by atoms with Crippen LogP contribution in [0, 0.1) is 5.92 Å². The van der Waals surface area contributed by atoms with Gasteiger partial charge in [0, 0.05) is 30.8 Å². The Kier molecular flexibility index (Phi) is 7.93. The van der Waals surface area contributed by atoms with Gasteiger partial charge in [-0.1, -0.05) is 25.9 Å². The zero-order chi connectivity index (χ0) is 31.0. The first-order valence-electron chi connectivity index (χ1n) is 15.0. The van der Waals surface area contributed by atoms with Crippen LogP contribution in [-0.2, 0) is 24.7 Å². The molecule has 2 aliphatic carbocycles. The second kappa shape index (κ2) is 12.0. The molecule has 0 radical (unpaired) electrons. The molecule has 4 aromatic heterocycles. The molecule has 4 N–H and O–H groups in total. The normalized spacial score (nSPS) is 20.4. The average Bonchev–Trinajstić information content (AvgIpc) is 3.85. The molecule has 2 amide bonds. The van der Waals surface area contributed by atoms with Crippen molar-refractivity contribution in [3.63, 3.8) is 0 Å². The number of rotatable bonds is 4. The number of amidine groups is 1. The van der Waals surface area contributed by atoms with Gasteiger partial charge in [-0.25, -0.2) is 9.97 Å². The summed E-state index contributed by atoms with van der Waals surface area (Å²) in [7, 11) is 1.88. The zero-order valence-corrected chi connectivity index (χ0v) is 25.3. The van der Waals surface area contributed by atoms with Gasteiger partial charge in [0.25, 0.3) is 11.8 Å². The molecular weight excluding hydrogens is 562 g/mol. The molecular formula is C31H37N9O4. The van der Waals surface area contributed by atoms with Crippen molar-refractivity contribution in [2.45, 2.75) is 64.7 Å². The fourth-order valence-electron chi connectivity index (χ4n) is 6.33. The molecule has 5 heterocycles. The number of aromatic nitrogens is 4. The highest BCUT2D eigenvalue weighted by Crippen LogP contribution is 2.34. The molecule has 1 aliphatic heterocycles. The highest BCUT2D eigenvalue weighted by Gasteiger charge is 2.28. The van der Waals surface area contributed by atoms with Crippen molar-refractivity contribution in [1.29, 1.82) is 0 Å². The molecule has 230 valence electrons. The van der Waals surface area contributed by atoms with Gasteiger partial charge in [-0.2, -0.15) is 5.10 Å². The number of carbonyl (C=O) groups is 2. The smallest absolute Gasteiger partial charge is 0.301 e. The number of hydrogen-bond donors (Lipinski definition) is 3. The van der Waals surface area contributed by atoms with E-state index in [1.807, 2.05) is 29.9 Å². The predicted octanol–water partition coefficient (Wildman–Crippen LogP) is 3.57. The number of oxime groups is 1. The number of anilines is 1. The number of aryl methyl sites for hydroxylation is 1. The molecule has 7 rings (SSSR count). The maximum absolute atomic E-state index is 12.8. The second-order valence-electron chi connectivity index (χ2n) is 11.6. The Hall–Kier alpha value is -4.94. The highest BCUT2D eigenvalue weighted by molar-refractivity contribution is 6.10. The van der Waals surface area contributed by atoms with E-state index in [1.165, 1.54) is 35.0 Å². The molecule has 2 unspecified atom stereocenters. The number of hydrogen-bond acceptors (Lipinski definition) is 9. The first-order chi connectivity index (χ1) is 21.3. The third-order valence-corrected chi connectivity index (χ3v) is 8.92. The molecule has 13 nitrogen and oxygen atoms in total. The van der Waals surface area contributed by atoms with Crippen LogP contribution in [0.3, 0.4) is 0 Å². The SMILES string of the molecule is CCC1CON=C1NC(=O)c1cc2c(n3ccnc13)CCC2C.C[C@H]1CCc2c1cc(C(=O)Nc1ncco1)/c(=N/N)n2C. The molecule has 44 heavy (non-hydrogen) atoms. The fourth-order valence-corrected chi connectivity index (χ4v) is 6.33. The first kappa shape index (κ1) is 29.1. The van der Waals surface area contributed by atoms with Gasteiger partial charge in [-0.3, -0.25) is 14.9 Å². The largest absolute Gasteiger partial charge is 0.432 e. The van der Waals surface area contributed by atoms with Crippen LogP contribution in [-0.4, -0.2) is 43.2 Å². The van der Waals surface area contributed by atoms with E-state index < -0.39 is 0 Å². The zero-order valence-electron chi connectivity index (χ0n) is 25.3. The molecule has 0 bridgehead atoms. The number of oxazole rings is 1. The van der Waals surface area contributed by atoms with E-state index in [9.17, 15) is 9.59 Å². The molecule has 0 fully saturated rings. The predicted molar refractivity (Wildman–Crippen MR) is 163 cm³/mol. The van der Waals surface area contributed by atoms with Gasteiger partial charge in [0.05, 0.1) is 23.2 Å². The summed E-state index contributed by atoms with van der Waals surface area (Å²) in [6, 6.07) is 4.03. The summed E-state index contributed by atoms with van der Waals surface area (Å²) in [5.74, 6) is 6.65. The summed E-state index contributed by atoms with van der Waals surface area (Å²) in [6.45, 7) is 6.95. The number of nitrogens with one attached hydrogen (secondary N) is 2. The van der Waals surface area contributed by atoms with Gasteiger partial charge < -0.3 is 29.4 Å². The minimum Gasteiger partial charge on any atom is -0.432 e. The quantitative estimate of drug-likeness (QED) is 0.238. The molecule has 3 atom stereocenters. The standard InChI is InChI=1S/C17H20N4O2.C14H17N5O2/c1-3-11-9-23-20-15(11)19-17(22)13-8-12-10(2)4-5-14(12)21-7-6-18-16(13)21;1-8-3-4-11-9(8)7-10(12(18-15)19(11)2)13(20)17-14-16-5-6-21-14/h6-8,10-11H,3-5,9H2,1-2H3,(H,19,20,22);5-8H,3-4,15H2,1-2H3,(H,16,17,20)/b;18-12-/t;8-/m.0/s1. The highest BCUT2D eigenvalue weighted by atomic mass is 16.6. The summed E-state index contributed by atoms with van der Waals surface area (Å²) in [5.41, 5.74) is 7.06. The Labute approximate surface area is 254 Å². The van der Waals surface area contributed by atoms with Gasteiger partial charge in [-0.05, 0) is 67.2 Å². The average molecular weight is 600 g/mol. The number of nitrogens with two attached hydrogens (primary N) is 1. The monoisotopic (exact) mass is 599 g/mol. The van der Waals surface area contributed by atoms with Crippen molar-refractivity contribution in [3.05, 3.63) is 76.1 Å². The van der Waals surface area contributed by atoms with Crippen LogP contribution in [0.25, 0.3) is 5.65 Å². The summed E-state index contributed by atoms with van der Waals surface area (Å²) >= 11 is 0. The van der Waals surface area contributed by atoms with E-state index in [0.717, 1.165) is 32.1 Å². The van der Waals surface area contributed by atoms with Crippen molar-refractivity contribution < 1.29 is 18.8 Å². The third kappa shape index (κ3) is 5.22. The first-order valence-corrected chi connectivity index (χ1v) is 15.0. The molecule has 4 aromatic rings. The number of pyridine rings is 2. The van der Waals surface area contributed by atoms with Gasteiger partial charge in [-0.15, -0.1) is 0 Å². The molecule has 0 saturated heterocycles. The Balaban J connectivity index is 0.000000157. The molecule has 3 aliphatic rings. The Morgan fingerprint density at radius 1 is 1.02 bits per heavy atom. The van der Waals surface area contributed by atoms with Crippen molar-refractivity contribution in [3.8, 4) is 0 Å². The van der Waals surface area contributed by atoms with E-state index in [4.69, 9.17) is 15.1 Å². The maximum atomic E-state index is 12.8. The van der Waals surface area contributed by atoms with E-state index in [0.29, 0.717) is 46.5 Å². The summed E-state index contributed by atoms with van der Waals surface area (Å²) < 4.78 is 8.98. The van der Waals surface area contributed by atoms with Gasteiger partial charge >= 0.3 is 6.01 Å². The van der Waals surface area contributed by atoms with Gasteiger partial charge in [0.15, 0.2) is 11.3 Å². The number of fused-ring (bicyclic) bond motifs is 4. The maximum Gasteiger partial charge on any atom is 0.301 e. The molecule has 13 heteroatoms. The summed E-state index contributed by atoms with van der Waals surface area (Å²) in [4.78, 5) is 38.6. The Bertz CT molecular complexity index is 1820. The lowest BCUT2D eigenvalue weighted by atomic mass is 10.0. The van der Waals surface area contributed by atoms with Crippen molar-refractivity contribution in [2.24, 2.45) is 29.1 Å². The summed E-state index contributed by atoms with van der Waals surface area (Å²) in [6.07, 6.45) is 11.6. The van der Waals surface area contributed by atoms with Gasteiger partial charge in [0.2, 0.25) is 0 Å². The van der Waals surface area contributed by atoms with E-state index in [2.05, 4.69) is 56.0 Å². The minimum absolute atomic E-state index is 0.152. The van der Waals surface area contributed by atoms with Crippen LogP contribution in [0.2, 0.25) is 0 Å². The van der Waals surface area contributed by atoms with E-state index >= 15 is 0 Å². The molecule has 0 saturated carbocycles. The third-order valence-electron chi connectivity index (χ3n) is 8.92. The summed E-state index contributed by atoms with van der Waals surface area (Å²) in [5, 5.41) is 13.3. The van der Waals surface area contributed by atoms with Crippen LogP contribution < -0.4 is 22.0 Å². The number of nitrogens with zero attached hydrogens (tertiary/aromatic N) is 6. The van der Waals surface area contributed by atoms with Crippen molar-refractivity contribution in [1.82, 2.24) is 24.3 Å². The lowest BCUT2D eigenvalue weighted by Crippen LogP contribution is -2.35. The van der Waals surface area contributed by atoms with Crippen LogP contribution in [0.5, 0.6) is 0 Å². The lowest BCUT2D eigenvalue weighted by Gasteiger charge is -2.13. The van der Waals surface area contributed by atoms with E-state index in [1.54, 1.807) is 6.20 Å². The number of amides is 2. The van der Waals surface area contributed by atoms with Crippen LogP contribution in [0.15, 0.2) is 51.7 Å². The Morgan fingerprint density at radius 2 is 1.73 bits per heavy atom. The molecule has 0 aromatic carbocycles. The van der Waals surface area contributed by atoms with Crippen LogP contribution in [0.1, 0.15) is 95.1 Å². The fraction of sp³-hybridized carbons (Fsp3) is 0.419. The lowest BCUT2D eigenvalue weighted by molar-refractivity contribution is 0.0974. The van der Waals surface area contributed by atoms with Gasteiger partial charge in [0.1, 0.15) is 18.5 Å². The Morgan fingerprint density at radius 3 is 2.43 bits per heavy atom. The van der Waals surface area contributed by atoms with Crippen molar-refractivity contribution >= 4 is 29.3 Å². The number of carbonyl (C=O) groups excluding carboxylic acids is 2. The van der Waals surface area contributed by atoms with Crippen LogP contribution >= 0.6 is 0 Å². The second-order valence-corrected chi connectivity index (χ2v) is 11.6. The topological polar surface area (TPSA) is 166 Å². The van der Waals surface area contributed by atoms with Crippen molar-refractivity contribution in [2.75, 3.05) is 11.9 Å². The minimum atomic E-state index is -0.334. The van der Waals surface area contributed by atoms with Crippen LogP contribution in [0.4, 0.5) is 6.01 Å². The number of imidazole rings is 1. The molecule has 0 spiro atoms. The van der Waals surface area contributed by atoms with E-state index in [-0.39, 0.29) is 23.7 Å².